The lowest BCUT2D eigenvalue weighted by molar-refractivity contribution is 0.307. The number of anilines is 1. The van der Waals surface area contributed by atoms with Crippen molar-refractivity contribution < 1.29 is 17.5 Å². The van der Waals surface area contributed by atoms with E-state index in [9.17, 15) is 12.8 Å². The molecule has 1 aliphatic heterocycles. The van der Waals surface area contributed by atoms with Gasteiger partial charge < -0.3 is 4.74 Å². The van der Waals surface area contributed by atoms with Gasteiger partial charge in [0.15, 0.2) is 0 Å². The summed E-state index contributed by atoms with van der Waals surface area (Å²) in [5.74, 6) is 0.396. The zero-order valence-corrected chi connectivity index (χ0v) is 16.0. The largest absolute Gasteiger partial charge is 0.488 e. The Hall–Kier alpha value is -3.12. The van der Waals surface area contributed by atoms with Gasteiger partial charge in [-0.3, -0.25) is 4.72 Å². The zero-order valence-electron chi connectivity index (χ0n) is 15.1. The topological polar surface area (TPSA) is 55.4 Å². The first-order valence-electron chi connectivity index (χ1n) is 8.70. The van der Waals surface area contributed by atoms with Crippen molar-refractivity contribution in [2.45, 2.75) is 6.61 Å². The smallest absolute Gasteiger partial charge is 0.229 e. The van der Waals surface area contributed by atoms with Crippen LogP contribution in [0, 0.1) is 5.82 Å². The number of fused-ring (bicyclic) bond motifs is 2. The predicted molar refractivity (Wildman–Crippen MR) is 109 cm³/mol. The third-order valence-corrected chi connectivity index (χ3v) is 5.03. The van der Waals surface area contributed by atoms with E-state index in [1.807, 2.05) is 36.4 Å². The minimum absolute atomic E-state index is 0.323. The molecule has 0 unspecified atom stereocenters. The van der Waals surface area contributed by atoms with Gasteiger partial charge in [-0.2, -0.15) is 0 Å². The quantitative estimate of drug-likeness (QED) is 0.701. The summed E-state index contributed by atoms with van der Waals surface area (Å²) in [6.07, 6.45) is 3.02. The maximum absolute atomic E-state index is 14.0. The van der Waals surface area contributed by atoms with Crippen LogP contribution in [-0.2, 0) is 16.6 Å². The van der Waals surface area contributed by atoms with Crippen molar-refractivity contribution >= 4 is 27.4 Å². The number of hydrogen-bond acceptors (Lipinski definition) is 3. The summed E-state index contributed by atoms with van der Waals surface area (Å²) in [6, 6.07) is 19.3. The van der Waals surface area contributed by atoms with E-state index in [-0.39, 0.29) is 5.82 Å². The molecule has 0 bridgehead atoms. The van der Waals surface area contributed by atoms with Gasteiger partial charge in [-0.25, -0.2) is 12.8 Å². The fourth-order valence-corrected chi connectivity index (χ4v) is 3.82. The molecule has 0 aliphatic carbocycles. The normalized spacial score (nSPS) is 14.6. The second-order valence-corrected chi connectivity index (χ2v) is 8.39. The Morgan fingerprint density at radius 2 is 1.82 bits per heavy atom. The minimum Gasteiger partial charge on any atom is -0.488 e. The number of benzene rings is 3. The molecule has 1 N–H and O–H groups in total. The lowest BCUT2D eigenvalue weighted by Crippen LogP contribution is -2.09. The maximum Gasteiger partial charge on any atom is 0.229 e. The Morgan fingerprint density at radius 1 is 1.00 bits per heavy atom. The lowest BCUT2D eigenvalue weighted by atomic mass is 9.92. The van der Waals surface area contributed by atoms with Crippen LogP contribution in [0.2, 0.25) is 0 Å². The number of halogens is 1. The molecular formula is C22H18FNO3S. The lowest BCUT2D eigenvalue weighted by Gasteiger charge is -2.11. The van der Waals surface area contributed by atoms with E-state index < -0.39 is 10.0 Å². The van der Waals surface area contributed by atoms with Crippen molar-refractivity contribution in [3.8, 4) is 5.75 Å². The number of hydrogen-bond donors (Lipinski definition) is 1. The van der Waals surface area contributed by atoms with Crippen LogP contribution in [0.5, 0.6) is 5.75 Å². The highest BCUT2D eigenvalue weighted by Gasteiger charge is 2.19. The molecule has 0 fully saturated rings. The predicted octanol–water partition coefficient (Wildman–Crippen LogP) is 4.68. The van der Waals surface area contributed by atoms with Crippen molar-refractivity contribution in [3.05, 3.63) is 94.8 Å². The Bertz CT molecular complexity index is 1190. The Morgan fingerprint density at radius 3 is 2.64 bits per heavy atom. The van der Waals surface area contributed by atoms with Gasteiger partial charge in [0.1, 0.15) is 18.2 Å². The van der Waals surface area contributed by atoms with E-state index in [1.54, 1.807) is 24.3 Å². The summed E-state index contributed by atoms with van der Waals surface area (Å²) >= 11 is 0. The van der Waals surface area contributed by atoms with E-state index in [2.05, 4.69) is 4.72 Å². The van der Waals surface area contributed by atoms with Crippen LogP contribution in [0.3, 0.4) is 0 Å². The fraction of sp³-hybridized carbons (Fsp3) is 0.0909. The highest BCUT2D eigenvalue weighted by molar-refractivity contribution is 7.92. The second-order valence-electron chi connectivity index (χ2n) is 6.64. The van der Waals surface area contributed by atoms with Crippen LogP contribution in [0.4, 0.5) is 10.1 Å². The molecule has 4 rings (SSSR count). The standard InChI is InChI=1S/C22H18FNO3S/c1-28(25,26)24-18-6-4-5-15(11-18)12-21-19-7-2-3-8-22(19)27-14-16-9-10-17(23)13-20(16)21/h2-13,24H,14H2,1H3. The molecule has 3 aromatic rings. The first kappa shape index (κ1) is 18.3. The van der Waals surface area contributed by atoms with Crippen molar-refractivity contribution in [2.24, 2.45) is 0 Å². The summed E-state index contributed by atoms with van der Waals surface area (Å²) in [6.45, 7) is 0.347. The van der Waals surface area contributed by atoms with E-state index in [1.165, 1.54) is 12.1 Å². The van der Waals surface area contributed by atoms with Crippen LogP contribution in [0.15, 0.2) is 66.7 Å². The van der Waals surface area contributed by atoms with Gasteiger partial charge in [-0.15, -0.1) is 0 Å². The van der Waals surface area contributed by atoms with Crippen LogP contribution in [0.25, 0.3) is 11.6 Å². The zero-order chi connectivity index (χ0) is 19.7. The highest BCUT2D eigenvalue weighted by atomic mass is 32.2. The summed E-state index contributed by atoms with van der Waals surface area (Å²) in [4.78, 5) is 0. The highest BCUT2D eigenvalue weighted by Crippen LogP contribution is 2.38. The van der Waals surface area contributed by atoms with Gasteiger partial charge in [0, 0.05) is 11.3 Å². The number of para-hydroxylation sites is 1. The molecular weight excluding hydrogens is 377 g/mol. The van der Waals surface area contributed by atoms with E-state index in [0.29, 0.717) is 12.3 Å². The molecule has 6 heteroatoms. The van der Waals surface area contributed by atoms with E-state index in [0.717, 1.165) is 39.8 Å². The average Bonchev–Trinajstić information content (AvgIpc) is 2.78. The Kier molecular flexibility index (Phi) is 4.65. The summed E-state index contributed by atoms with van der Waals surface area (Å²) in [5.41, 5.74) is 4.57. The molecule has 0 aromatic heterocycles. The van der Waals surface area contributed by atoms with Gasteiger partial charge in [0.2, 0.25) is 10.0 Å². The molecule has 0 spiro atoms. The number of nitrogens with one attached hydrogen (secondary N) is 1. The fourth-order valence-electron chi connectivity index (χ4n) is 3.27. The molecule has 4 nitrogen and oxygen atoms in total. The molecule has 0 amide bonds. The third-order valence-electron chi connectivity index (χ3n) is 4.42. The van der Waals surface area contributed by atoms with Gasteiger partial charge in [-0.1, -0.05) is 36.4 Å². The SMILES string of the molecule is CS(=O)(=O)Nc1cccc(C=C2c3cc(F)ccc3COc3ccccc32)c1. The van der Waals surface area contributed by atoms with Crippen LogP contribution in [-0.4, -0.2) is 14.7 Å². The number of ether oxygens (including phenoxy) is 1. The third kappa shape index (κ3) is 3.92. The van der Waals surface area contributed by atoms with Crippen LogP contribution in [0.1, 0.15) is 22.3 Å². The first-order chi connectivity index (χ1) is 13.4. The molecule has 28 heavy (non-hydrogen) atoms. The van der Waals surface area contributed by atoms with Crippen LogP contribution >= 0.6 is 0 Å². The maximum atomic E-state index is 14.0. The van der Waals surface area contributed by atoms with Gasteiger partial charge in [-0.05, 0) is 58.7 Å². The van der Waals surface area contributed by atoms with Gasteiger partial charge in [0.25, 0.3) is 0 Å². The average molecular weight is 395 g/mol. The minimum atomic E-state index is -3.38. The molecule has 1 aliphatic rings. The van der Waals surface area contributed by atoms with Gasteiger partial charge in [0.05, 0.1) is 6.26 Å². The van der Waals surface area contributed by atoms with Gasteiger partial charge >= 0.3 is 0 Å². The van der Waals surface area contributed by atoms with Crippen molar-refractivity contribution in [1.82, 2.24) is 0 Å². The molecule has 3 aromatic carbocycles. The molecule has 0 radical (unpaired) electrons. The second kappa shape index (κ2) is 7.13. The van der Waals surface area contributed by atoms with E-state index in [4.69, 9.17) is 4.74 Å². The number of rotatable bonds is 3. The monoisotopic (exact) mass is 395 g/mol. The summed E-state index contributed by atoms with van der Waals surface area (Å²) < 4.78 is 45.5. The Labute approximate surface area is 163 Å². The molecule has 142 valence electrons. The van der Waals surface area contributed by atoms with Crippen molar-refractivity contribution in [2.75, 3.05) is 11.0 Å². The molecule has 0 atom stereocenters. The summed E-state index contributed by atoms with van der Waals surface area (Å²) in [5, 5.41) is 0. The first-order valence-corrected chi connectivity index (χ1v) is 10.6. The van der Waals surface area contributed by atoms with Crippen molar-refractivity contribution in [3.63, 3.8) is 0 Å². The Balaban J connectivity index is 1.89. The van der Waals surface area contributed by atoms with Crippen LogP contribution < -0.4 is 9.46 Å². The van der Waals surface area contributed by atoms with E-state index >= 15 is 0 Å². The number of sulfonamides is 1. The van der Waals surface area contributed by atoms with Crippen molar-refractivity contribution in [1.29, 1.82) is 0 Å². The molecule has 0 saturated heterocycles. The molecule has 0 saturated carbocycles. The summed E-state index contributed by atoms with van der Waals surface area (Å²) in [7, 11) is -3.38. The molecule has 1 heterocycles.